The summed E-state index contributed by atoms with van der Waals surface area (Å²) in [4.78, 5) is 114. The number of fused-ring (bicyclic) bond motifs is 21. The van der Waals surface area contributed by atoms with Gasteiger partial charge in [-0.1, -0.05) is 48.5 Å². The van der Waals surface area contributed by atoms with Crippen molar-refractivity contribution in [3.63, 3.8) is 0 Å². The Bertz CT molecular complexity index is 8950. The van der Waals surface area contributed by atoms with Gasteiger partial charge in [0.2, 0.25) is 17.1 Å². The minimum absolute atomic E-state index is 0.556. The van der Waals surface area contributed by atoms with E-state index in [0.717, 1.165) is 292 Å². The largest absolute Gasteiger partial charge is 0.432 e. The highest BCUT2D eigenvalue weighted by atomic mass is 32.1. The van der Waals surface area contributed by atoms with Gasteiger partial charge in [0, 0.05) is 245 Å². The summed E-state index contributed by atoms with van der Waals surface area (Å²) < 4.78 is 48.4. The molecule has 5 aliphatic rings. The van der Waals surface area contributed by atoms with E-state index in [2.05, 4.69) is 181 Å². The number of nitrogens with zero attached hydrogens (tertiary/aromatic N) is 22. The number of pyridine rings is 7. The maximum Gasteiger partial charge on any atom is 0.229 e. The molecule has 5 saturated heterocycles. The van der Waals surface area contributed by atoms with E-state index in [-0.39, 0.29) is 0 Å². The molecule has 38 heteroatoms. The van der Waals surface area contributed by atoms with Crippen molar-refractivity contribution >= 4 is 225 Å². The molecule has 27 aromatic rings. The maximum absolute atomic E-state index is 6.33. The van der Waals surface area contributed by atoms with Crippen LogP contribution in [-0.2, 0) is 23.7 Å². The number of morpholine rings is 5. The van der Waals surface area contributed by atoms with E-state index in [1.54, 1.807) is 47.5 Å². The molecule has 149 heavy (non-hydrogen) atoms. The lowest BCUT2D eigenvalue weighted by Crippen LogP contribution is -2.37. The zero-order valence-electron chi connectivity index (χ0n) is 79.8. The summed E-state index contributed by atoms with van der Waals surface area (Å²) in [7, 11) is 0. The van der Waals surface area contributed by atoms with Gasteiger partial charge < -0.3 is 91.3 Å². The second kappa shape index (κ2) is 38.0. The number of aromatic nitrogens is 23. The van der Waals surface area contributed by atoms with Crippen molar-refractivity contribution in [2.24, 2.45) is 0 Å². The molecule has 6 N–H and O–H groups in total. The van der Waals surface area contributed by atoms with E-state index in [4.69, 9.17) is 91.8 Å². The molecule has 36 nitrogen and oxygen atoms in total. The summed E-state index contributed by atoms with van der Waals surface area (Å²) in [6, 6.07) is 59.0. The number of H-pyrrole nitrogens is 6. The molecule has 0 atom stereocenters. The van der Waals surface area contributed by atoms with Gasteiger partial charge in [-0.05, 0) is 133 Å². The van der Waals surface area contributed by atoms with Gasteiger partial charge in [0.05, 0.1) is 103 Å². The van der Waals surface area contributed by atoms with Crippen LogP contribution in [0.2, 0.25) is 0 Å². The number of anilines is 5. The molecule has 0 saturated carbocycles. The van der Waals surface area contributed by atoms with Gasteiger partial charge in [0.1, 0.15) is 37.5 Å². The van der Waals surface area contributed by atoms with Crippen molar-refractivity contribution in [2.75, 3.05) is 156 Å². The molecule has 4 aromatic carbocycles. The molecule has 28 heterocycles. The number of furan rings is 3. The highest BCUT2D eigenvalue weighted by molar-refractivity contribution is 7.26. The molecule has 0 amide bonds. The molecule has 732 valence electrons. The average Bonchev–Trinajstić information content (AvgIpc) is 1.55. The van der Waals surface area contributed by atoms with Crippen molar-refractivity contribution < 1.29 is 36.9 Å². The number of benzene rings is 4. The van der Waals surface area contributed by atoms with Crippen LogP contribution < -0.4 is 24.5 Å². The van der Waals surface area contributed by atoms with Crippen molar-refractivity contribution in [1.82, 2.24) is 115 Å². The van der Waals surface area contributed by atoms with Crippen LogP contribution in [0.5, 0.6) is 0 Å². The Hall–Kier alpha value is -17.8. The number of nitrogens with one attached hydrogen (secondary N) is 6. The fraction of sp³-hybridized carbons (Fsp3) is 0.180. The molecule has 0 spiro atoms. The molecular formula is C111H88N28O8S2. The van der Waals surface area contributed by atoms with Gasteiger partial charge in [-0.15, -0.1) is 22.7 Å². The predicted octanol–water partition coefficient (Wildman–Crippen LogP) is 20.7. The monoisotopic (exact) mass is 2000 g/mol. The Labute approximate surface area is 851 Å². The SMILES string of the molecule is c1cc(-c2cnc3oc4c(N5CCOCC5)nc(-c5cccc6[nH]ccc56)nc4c3c2)c2cc[nH]c2c1.c1cc(-c2nc(N3CCOCC3)c3oc4ncccc4c3n2)c2cc[nH]c2c1.c1cc(-c2nc(N3CCOCC3)c3sc4ncccc4c3n2)c2cc[nH]c2c1.c1cnc2oc3c(N4CCOCC4)nc(-c4ccnc5[nH]ccc45)nc3c2c1.c1cnc2sc3c(N4CCOCC4)nc(-c4ccnc5[nH]ccc45)nc3c2c1. The summed E-state index contributed by atoms with van der Waals surface area (Å²) in [6.45, 7) is 14.7. The standard InChI is InChI=1S/C29H22N6O2.C21H17N5O2.C21H17N5OS.C20H16N6O2.C20H16N6OS/c1-3-18(19-7-9-30-23(19)5-1)17-15-22-25-26(37-29(22)32-16-17)28(35-11-13-36-14-12-35)34-27(33-25)21-4-2-6-24-20(21)8-10-31-24;2*1-3-14(13-6-8-22-16(13)5-1)19-24-17-15-4-2-7-23-21(15)28-18(17)20(25-19)26-9-11-27-12-10-26;2*1-2-14-15-16(28-20(14)23-5-1)19(26-8-10-27-11-9-26)25-18(24-15)13-4-7-22-17-12(13)3-6-21-17/h1-10,15-16,30-31H,11-14H2;2*1-8,22H,9-12H2;2*1-7H,8-11H2,(H,21,22). The van der Waals surface area contributed by atoms with E-state index in [0.29, 0.717) is 110 Å². The number of ether oxygens (including phenoxy) is 5. The minimum Gasteiger partial charge on any atom is -0.432 e. The first-order chi connectivity index (χ1) is 73.9. The Morgan fingerprint density at radius 2 is 0.537 bits per heavy atom. The van der Waals surface area contributed by atoms with Crippen molar-refractivity contribution in [3.8, 4) is 68.1 Å². The number of thiophene rings is 2. The number of hydrogen-bond acceptors (Lipinski definition) is 32. The Morgan fingerprint density at radius 3 is 0.919 bits per heavy atom. The van der Waals surface area contributed by atoms with E-state index in [1.165, 1.54) is 0 Å². The molecule has 23 aromatic heterocycles. The van der Waals surface area contributed by atoms with E-state index < -0.39 is 0 Å². The zero-order chi connectivity index (χ0) is 98.4. The smallest absolute Gasteiger partial charge is 0.229 e. The third kappa shape index (κ3) is 16.2. The van der Waals surface area contributed by atoms with Gasteiger partial charge in [-0.25, -0.2) is 84.7 Å². The van der Waals surface area contributed by atoms with Crippen molar-refractivity contribution in [2.45, 2.75) is 0 Å². The molecule has 5 fully saturated rings. The number of rotatable bonds is 11. The first-order valence-electron chi connectivity index (χ1n) is 49.4. The van der Waals surface area contributed by atoms with Crippen LogP contribution in [-0.4, -0.2) is 246 Å². The fourth-order valence-corrected chi connectivity index (χ4v) is 22.8. The predicted molar refractivity (Wildman–Crippen MR) is 581 cm³/mol. The van der Waals surface area contributed by atoms with E-state index in [9.17, 15) is 0 Å². The average molecular weight is 2010 g/mol. The maximum atomic E-state index is 6.33. The van der Waals surface area contributed by atoms with Gasteiger partial charge in [-0.3, -0.25) is 0 Å². The second-order valence-corrected chi connectivity index (χ2v) is 38.4. The van der Waals surface area contributed by atoms with Crippen molar-refractivity contribution in [3.05, 3.63) is 256 Å². The van der Waals surface area contributed by atoms with Crippen LogP contribution in [0.15, 0.2) is 270 Å². The highest BCUT2D eigenvalue weighted by Gasteiger charge is 2.32. The Kier molecular flexibility index (Phi) is 22.7. The first-order valence-corrected chi connectivity index (χ1v) is 51.1. The van der Waals surface area contributed by atoms with E-state index >= 15 is 0 Å². The van der Waals surface area contributed by atoms with Crippen LogP contribution in [0.3, 0.4) is 0 Å². The summed E-state index contributed by atoms with van der Waals surface area (Å²) in [5, 5.41) is 11.3. The lowest BCUT2D eigenvalue weighted by atomic mass is 10.0. The fourth-order valence-electron chi connectivity index (χ4n) is 20.6. The van der Waals surface area contributed by atoms with E-state index in [1.807, 2.05) is 135 Å². The Balaban J connectivity index is 0.0000000900. The zero-order valence-corrected chi connectivity index (χ0v) is 81.4. The highest BCUT2D eigenvalue weighted by Crippen LogP contribution is 2.46. The summed E-state index contributed by atoms with van der Waals surface area (Å²) in [6.07, 6.45) is 24.1. The Morgan fingerprint density at radius 1 is 0.235 bits per heavy atom. The third-order valence-corrected chi connectivity index (χ3v) is 30.0. The van der Waals surface area contributed by atoms with Crippen LogP contribution in [0.4, 0.5) is 29.1 Å². The summed E-state index contributed by atoms with van der Waals surface area (Å²) in [5.41, 5.74) is 21.0. The normalized spacial score (nSPS) is 14.9. The molecule has 0 unspecified atom stereocenters. The number of hydrogen-bond donors (Lipinski definition) is 6. The van der Waals surface area contributed by atoms with Gasteiger partial charge in [-0.2, -0.15) is 0 Å². The molecule has 32 rings (SSSR count). The molecule has 0 bridgehead atoms. The first kappa shape index (κ1) is 88.9. The van der Waals surface area contributed by atoms with Gasteiger partial charge >= 0.3 is 0 Å². The summed E-state index contributed by atoms with van der Waals surface area (Å²) in [5.74, 6) is 7.77. The van der Waals surface area contributed by atoms with Crippen LogP contribution >= 0.6 is 22.7 Å². The van der Waals surface area contributed by atoms with Crippen LogP contribution in [0.1, 0.15) is 0 Å². The quantitative estimate of drug-likeness (QED) is 0.0700. The molecule has 0 radical (unpaired) electrons. The van der Waals surface area contributed by atoms with Crippen molar-refractivity contribution in [1.29, 1.82) is 0 Å². The molecule has 0 aliphatic carbocycles. The summed E-state index contributed by atoms with van der Waals surface area (Å²) >= 11 is 3.32. The lowest BCUT2D eigenvalue weighted by Gasteiger charge is -2.28. The third-order valence-electron chi connectivity index (χ3n) is 27.8. The molecular weight excluding hydrogens is 1920 g/mol. The van der Waals surface area contributed by atoms with Crippen LogP contribution in [0, 0.1) is 0 Å². The van der Waals surface area contributed by atoms with Crippen LogP contribution in [0.25, 0.3) is 241 Å². The second-order valence-electron chi connectivity index (χ2n) is 36.4. The minimum atomic E-state index is 0.556. The number of aromatic amines is 6. The van der Waals surface area contributed by atoms with Gasteiger partial charge in [0.25, 0.3) is 0 Å². The molecule has 5 aliphatic heterocycles. The lowest BCUT2D eigenvalue weighted by molar-refractivity contribution is 0.122. The topological polar surface area (TPSA) is 416 Å². The van der Waals surface area contributed by atoms with Gasteiger partial charge in [0.15, 0.2) is 75.0 Å².